The summed E-state index contributed by atoms with van der Waals surface area (Å²) in [5.74, 6) is -0.257. The van der Waals surface area contributed by atoms with Crippen molar-refractivity contribution in [3.8, 4) is 0 Å². The van der Waals surface area contributed by atoms with Gasteiger partial charge in [0.25, 0.3) is 0 Å². The number of hydrogen-bond acceptors (Lipinski definition) is 11. The molecule has 0 radical (unpaired) electrons. The molecule has 1 saturated heterocycles. The molecule has 0 amide bonds. The number of methoxy groups -OCH3 is 1. The number of aliphatic hydroxyl groups excluding tert-OH is 4. The molecule has 0 unspecified atom stereocenters. The van der Waals surface area contributed by atoms with Gasteiger partial charge in [0, 0.05) is 13.0 Å². The highest BCUT2D eigenvalue weighted by Crippen LogP contribution is 2.21. The van der Waals surface area contributed by atoms with Crippen molar-refractivity contribution in [3.05, 3.63) is 0 Å². The summed E-state index contributed by atoms with van der Waals surface area (Å²) >= 11 is 0. The van der Waals surface area contributed by atoms with Gasteiger partial charge in [0.1, 0.15) is 24.4 Å². The van der Waals surface area contributed by atoms with Crippen LogP contribution in [-0.4, -0.2) is 117 Å². The van der Waals surface area contributed by atoms with Crippen LogP contribution in [0.2, 0.25) is 0 Å². The molecule has 0 aromatic rings. The molecule has 11 heteroatoms. The van der Waals surface area contributed by atoms with Crippen LogP contribution in [-0.2, 0) is 33.2 Å². The molecule has 0 bridgehead atoms. The Morgan fingerprint density at radius 3 is 2.00 bits per heavy atom. The largest absolute Gasteiger partial charge is 0.469 e. The molecule has 0 aromatic heterocycles. The van der Waals surface area contributed by atoms with E-state index in [1.54, 1.807) is 0 Å². The number of carbonyl (C=O) groups excluding carboxylic acids is 1. The zero-order chi connectivity index (χ0) is 20.8. The number of esters is 1. The van der Waals surface area contributed by atoms with E-state index >= 15 is 0 Å². The lowest BCUT2D eigenvalue weighted by atomic mass is 9.99. The average Bonchev–Trinajstić information content (AvgIpc) is 2.70. The predicted octanol–water partition coefficient (Wildman–Crippen LogP) is -2.19. The fourth-order valence-corrected chi connectivity index (χ4v) is 2.39. The predicted molar refractivity (Wildman–Crippen MR) is 93.4 cm³/mol. The summed E-state index contributed by atoms with van der Waals surface area (Å²) in [6, 6.07) is 0. The molecular formula is C17H32O11. The quantitative estimate of drug-likeness (QED) is 0.171. The molecule has 166 valence electrons. The lowest BCUT2D eigenvalue weighted by Gasteiger charge is -2.39. The smallest absolute Gasteiger partial charge is 0.305 e. The Bertz CT molecular complexity index is 407. The maximum atomic E-state index is 10.9. The van der Waals surface area contributed by atoms with Crippen LogP contribution in [0.5, 0.6) is 0 Å². The van der Waals surface area contributed by atoms with Crippen LogP contribution in [0.4, 0.5) is 0 Å². The topological polar surface area (TPSA) is 153 Å². The van der Waals surface area contributed by atoms with Gasteiger partial charge in [-0.25, -0.2) is 0 Å². The average molecular weight is 412 g/mol. The number of carbonyl (C=O) groups is 1. The van der Waals surface area contributed by atoms with Gasteiger partial charge >= 0.3 is 5.97 Å². The van der Waals surface area contributed by atoms with Crippen LogP contribution in [0, 0.1) is 0 Å². The van der Waals surface area contributed by atoms with E-state index in [9.17, 15) is 20.1 Å². The molecular weight excluding hydrogens is 380 g/mol. The van der Waals surface area contributed by atoms with E-state index in [1.165, 1.54) is 7.11 Å². The highest BCUT2D eigenvalue weighted by Gasteiger charge is 2.43. The first-order chi connectivity index (χ1) is 13.5. The van der Waals surface area contributed by atoms with Crippen molar-refractivity contribution in [2.24, 2.45) is 0 Å². The molecule has 4 N–H and O–H groups in total. The summed E-state index contributed by atoms with van der Waals surface area (Å²) in [4.78, 5) is 10.9. The van der Waals surface area contributed by atoms with Crippen molar-refractivity contribution >= 4 is 5.97 Å². The van der Waals surface area contributed by atoms with E-state index < -0.39 is 37.3 Å². The van der Waals surface area contributed by atoms with Crippen molar-refractivity contribution in [1.29, 1.82) is 0 Å². The fraction of sp³-hybridized carbons (Fsp3) is 0.941. The minimum atomic E-state index is -1.46. The zero-order valence-corrected chi connectivity index (χ0v) is 16.1. The van der Waals surface area contributed by atoms with Crippen LogP contribution in [0.3, 0.4) is 0 Å². The molecule has 0 aliphatic carbocycles. The minimum Gasteiger partial charge on any atom is -0.469 e. The molecule has 28 heavy (non-hydrogen) atoms. The van der Waals surface area contributed by atoms with Crippen molar-refractivity contribution in [1.82, 2.24) is 0 Å². The Morgan fingerprint density at radius 2 is 1.43 bits per heavy atom. The first-order valence-corrected chi connectivity index (χ1v) is 9.23. The SMILES string of the molecule is COC(=O)CCCOCCOCCOCCO[C@@H]1O[C@H](CO)[C@@H](O)[C@H](O)[C@H]1O. The minimum absolute atomic E-state index is 0.0893. The van der Waals surface area contributed by atoms with E-state index in [2.05, 4.69) is 4.74 Å². The molecule has 1 rings (SSSR count). The Labute approximate surface area is 164 Å². The molecule has 1 aliphatic heterocycles. The standard InChI is InChI=1S/C17H32O11/c1-23-13(19)3-2-4-24-5-6-25-7-8-26-9-10-27-17-16(22)15(21)14(20)12(11-18)28-17/h12,14-18,20-22H,2-11H2,1H3/t12-,14-,15+,16-,17-/m1/s1. The van der Waals surface area contributed by atoms with Crippen molar-refractivity contribution in [2.75, 3.05) is 60.0 Å². The third-order valence-corrected chi connectivity index (χ3v) is 4.00. The zero-order valence-electron chi connectivity index (χ0n) is 16.1. The third kappa shape index (κ3) is 9.54. The van der Waals surface area contributed by atoms with Crippen molar-refractivity contribution in [3.63, 3.8) is 0 Å². The summed E-state index contributed by atoms with van der Waals surface area (Å²) < 4.78 is 30.9. The van der Waals surface area contributed by atoms with E-state index in [0.29, 0.717) is 45.9 Å². The van der Waals surface area contributed by atoms with Gasteiger partial charge < -0.3 is 48.8 Å². The molecule has 1 aliphatic rings. The number of rotatable bonds is 15. The summed E-state index contributed by atoms with van der Waals surface area (Å²) in [5.41, 5.74) is 0. The first kappa shape index (κ1) is 25.1. The summed E-state index contributed by atoms with van der Waals surface area (Å²) in [6.07, 6.45) is -5.53. The maximum Gasteiger partial charge on any atom is 0.305 e. The summed E-state index contributed by atoms with van der Waals surface area (Å²) in [6.45, 7) is 1.78. The fourth-order valence-electron chi connectivity index (χ4n) is 2.39. The monoisotopic (exact) mass is 412 g/mol. The van der Waals surface area contributed by atoms with E-state index in [0.717, 1.165) is 0 Å². The number of aliphatic hydroxyl groups is 4. The van der Waals surface area contributed by atoms with Crippen LogP contribution in [0.1, 0.15) is 12.8 Å². The Hall–Kier alpha value is -0.890. The highest BCUT2D eigenvalue weighted by atomic mass is 16.7. The van der Waals surface area contributed by atoms with Crippen LogP contribution < -0.4 is 0 Å². The van der Waals surface area contributed by atoms with Crippen LogP contribution in [0.15, 0.2) is 0 Å². The number of hydrogen-bond donors (Lipinski definition) is 4. The normalized spacial score (nSPS) is 27.7. The molecule has 11 nitrogen and oxygen atoms in total. The lowest BCUT2D eigenvalue weighted by Crippen LogP contribution is -2.59. The number of ether oxygens (including phenoxy) is 6. The van der Waals surface area contributed by atoms with Gasteiger partial charge in [0.2, 0.25) is 0 Å². The molecule has 1 heterocycles. The van der Waals surface area contributed by atoms with Crippen molar-refractivity contribution in [2.45, 2.75) is 43.5 Å². The van der Waals surface area contributed by atoms with Gasteiger partial charge in [-0.2, -0.15) is 0 Å². The van der Waals surface area contributed by atoms with Gasteiger partial charge in [-0.1, -0.05) is 0 Å². The maximum absolute atomic E-state index is 10.9. The third-order valence-electron chi connectivity index (χ3n) is 4.00. The Balaban J connectivity index is 1.93. The van der Waals surface area contributed by atoms with Gasteiger partial charge in [-0.05, 0) is 6.42 Å². The second-order valence-corrected chi connectivity index (χ2v) is 6.08. The highest BCUT2D eigenvalue weighted by molar-refractivity contribution is 5.68. The van der Waals surface area contributed by atoms with Gasteiger partial charge in [-0.3, -0.25) is 4.79 Å². The van der Waals surface area contributed by atoms with Gasteiger partial charge in [0.15, 0.2) is 6.29 Å². The van der Waals surface area contributed by atoms with E-state index in [1.807, 2.05) is 0 Å². The Kier molecular flexibility index (Phi) is 13.5. The second kappa shape index (κ2) is 15.0. The summed E-state index contributed by atoms with van der Waals surface area (Å²) in [5, 5.41) is 38.2. The van der Waals surface area contributed by atoms with Crippen LogP contribution in [0.25, 0.3) is 0 Å². The first-order valence-electron chi connectivity index (χ1n) is 9.23. The molecule has 5 atom stereocenters. The van der Waals surface area contributed by atoms with E-state index in [-0.39, 0.29) is 19.2 Å². The van der Waals surface area contributed by atoms with E-state index in [4.69, 9.17) is 28.8 Å². The summed E-state index contributed by atoms with van der Waals surface area (Å²) in [7, 11) is 1.35. The second-order valence-electron chi connectivity index (χ2n) is 6.08. The van der Waals surface area contributed by atoms with Crippen LogP contribution >= 0.6 is 0 Å². The molecule has 0 saturated carbocycles. The van der Waals surface area contributed by atoms with Crippen molar-refractivity contribution < 1.29 is 53.6 Å². The molecule has 0 spiro atoms. The Morgan fingerprint density at radius 1 is 0.857 bits per heavy atom. The molecule has 1 fully saturated rings. The van der Waals surface area contributed by atoms with Gasteiger partial charge in [0.05, 0.1) is 53.4 Å². The van der Waals surface area contributed by atoms with Gasteiger partial charge in [-0.15, -0.1) is 0 Å². The lowest BCUT2D eigenvalue weighted by molar-refractivity contribution is -0.302. The molecule has 0 aromatic carbocycles.